The van der Waals surface area contributed by atoms with E-state index in [4.69, 9.17) is 0 Å². The molecular weight excluding hydrogens is 334 g/mol. The normalized spacial score (nSPS) is 15.3. The van der Waals surface area contributed by atoms with Crippen molar-refractivity contribution in [3.05, 3.63) is 40.9 Å². The van der Waals surface area contributed by atoms with Gasteiger partial charge in [-0.2, -0.15) is 0 Å². The Kier molecular flexibility index (Phi) is 3.92. The van der Waals surface area contributed by atoms with E-state index in [0.29, 0.717) is 18.8 Å². The largest absolute Gasteiger partial charge is 0.345 e. The summed E-state index contributed by atoms with van der Waals surface area (Å²) in [5, 5.41) is 0. The fraction of sp³-hybridized carbons (Fsp3) is 0.357. The third-order valence-electron chi connectivity index (χ3n) is 3.59. The first kappa shape index (κ1) is 14.1. The summed E-state index contributed by atoms with van der Waals surface area (Å²) < 4.78 is 2.77. The minimum atomic E-state index is 0.0665. The molecule has 0 spiro atoms. The van der Waals surface area contributed by atoms with Crippen molar-refractivity contribution in [2.75, 3.05) is 31.1 Å². The SMILES string of the molecule is Cn1cc(Br)cc1C(=O)N1CCN(c2ncccn2)CC1. The Morgan fingerprint density at radius 2 is 1.86 bits per heavy atom. The van der Waals surface area contributed by atoms with Crippen molar-refractivity contribution < 1.29 is 4.79 Å². The van der Waals surface area contributed by atoms with Gasteiger partial charge in [-0.15, -0.1) is 0 Å². The maximum atomic E-state index is 12.5. The van der Waals surface area contributed by atoms with Gasteiger partial charge in [-0.05, 0) is 28.1 Å². The van der Waals surface area contributed by atoms with E-state index < -0.39 is 0 Å². The Morgan fingerprint density at radius 3 is 2.43 bits per heavy atom. The topological polar surface area (TPSA) is 54.3 Å². The lowest BCUT2D eigenvalue weighted by atomic mass is 10.3. The van der Waals surface area contributed by atoms with Crippen molar-refractivity contribution in [2.45, 2.75) is 0 Å². The van der Waals surface area contributed by atoms with E-state index in [1.165, 1.54) is 0 Å². The standard InChI is InChI=1S/C14H16BrN5O/c1-18-10-11(15)9-12(18)13(21)19-5-7-20(8-6-19)14-16-3-2-4-17-14/h2-4,9-10H,5-8H2,1H3. The molecule has 1 aliphatic rings. The first-order valence-electron chi connectivity index (χ1n) is 6.78. The number of amides is 1. The van der Waals surface area contributed by atoms with Gasteiger partial charge < -0.3 is 14.4 Å². The minimum absolute atomic E-state index is 0.0665. The molecule has 0 aromatic carbocycles. The van der Waals surface area contributed by atoms with Gasteiger partial charge in [0.2, 0.25) is 5.95 Å². The molecule has 7 heteroatoms. The van der Waals surface area contributed by atoms with Gasteiger partial charge in [-0.25, -0.2) is 9.97 Å². The highest BCUT2D eigenvalue weighted by Crippen LogP contribution is 2.17. The highest BCUT2D eigenvalue weighted by Gasteiger charge is 2.24. The molecule has 1 aliphatic heterocycles. The van der Waals surface area contributed by atoms with Crippen LogP contribution in [-0.4, -0.2) is 51.5 Å². The number of piperazine rings is 1. The Morgan fingerprint density at radius 1 is 1.19 bits per heavy atom. The van der Waals surface area contributed by atoms with Crippen LogP contribution < -0.4 is 4.90 Å². The molecule has 0 aliphatic carbocycles. The maximum absolute atomic E-state index is 12.5. The van der Waals surface area contributed by atoms with Gasteiger partial charge in [0.15, 0.2) is 0 Å². The molecule has 3 heterocycles. The number of halogens is 1. The zero-order valence-corrected chi connectivity index (χ0v) is 13.3. The van der Waals surface area contributed by atoms with Crippen molar-refractivity contribution in [3.8, 4) is 0 Å². The zero-order chi connectivity index (χ0) is 14.8. The second-order valence-corrected chi connectivity index (χ2v) is 5.90. The fourth-order valence-corrected chi connectivity index (χ4v) is 2.99. The molecule has 0 unspecified atom stereocenters. The van der Waals surface area contributed by atoms with Gasteiger partial charge in [0.1, 0.15) is 5.69 Å². The summed E-state index contributed by atoms with van der Waals surface area (Å²) >= 11 is 3.40. The second kappa shape index (κ2) is 5.85. The van der Waals surface area contributed by atoms with E-state index in [9.17, 15) is 4.79 Å². The number of anilines is 1. The zero-order valence-electron chi connectivity index (χ0n) is 11.7. The van der Waals surface area contributed by atoms with Crippen molar-refractivity contribution in [1.82, 2.24) is 19.4 Å². The van der Waals surface area contributed by atoms with Gasteiger partial charge in [-0.1, -0.05) is 0 Å². The van der Waals surface area contributed by atoms with Gasteiger partial charge in [0, 0.05) is 56.3 Å². The van der Waals surface area contributed by atoms with E-state index in [2.05, 4.69) is 30.8 Å². The van der Waals surface area contributed by atoms with Crippen LogP contribution in [0, 0.1) is 0 Å². The number of carbonyl (C=O) groups is 1. The number of hydrogen-bond donors (Lipinski definition) is 0. The molecule has 0 N–H and O–H groups in total. The van der Waals surface area contributed by atoms with E-state index in [-0.39, 0.29) is 5.91 Å². The van der Waals surface area contributed by atoms with Crippen LogP contribution in [0.5, 0.6) is 0 Å². The number of carbonyl (C=O) groups excluding carboxylic acids is 1. The lowest BCUT2D eigenvalue weighted by molar-refractivity contribution is 0.0736. The predicted octanol–water partition coefficient (Wildman–Crippen LogP) is 1.54. The highest BCUT2D eigenvalue weighted by atomic mass is 79.9. The molecule has 0 radical (unpaired) electrons. The summed E-state index contributed by atoms with van der Waals surface area (Å²) in [5.41, 5.74) is 0.700. The number of nitrogens with zero attached hydrogens (tertiary/aromatic N) is 5. The molecule has 2 aromatic rings. The van der Waals surface area contributed by atoms with Gasteiger partial charge >= 0.3 is 0 Å². The average molecular weight is 350 g/mol. The molecular formula is C14H16BrN5O. The average Bonchev–Trinajstić information content (AvgIpc) is 2.86. The molecule has 2 aromatic heterocycles. The van der Waals surface area contributed by atoms with E-state index in [1.807, 2.05) is 28.8 Å². The highest BCUT2D eigenvalue weighted by molar-refractivity contribution is 9.10. The van der Waals surface area contributed by atoms with Gasteiger partial charge in [0.05, 0.1) is 0 Å². The molecule has 3 rings (SSSR count). The van der Waals surface area contributed by atoms with Gasteiger partial charge in [-0.3, -0.25) is 4.79 Å². The molecule has 0 saturated carbocycles. The van der Waals surface area contributed by atoms with Crippen LogP contribution in [0.1, 0.15) is 10.5 Å². The molecule has 6 nitrogen and oxygen atoms in total. The monoisotopic (exact) mass is 349 g/mol. The molecule has 21 heavy (non-hydrogen) atoms. The third-order valence-corrected chi connectivity index (χ3v) is 4.03. The van der Waals surface area contributed by atoms with Crippen LogP contribution in [-0.2, 0) is 7.05 Å². The molecule has 1 amide bonds. The van der Waals surface area contributed by atoms with Crippen LogP contribution in [0.2, 0.25) is 0 Å². The maximum Gasteiger partial charge on any atom is 0.270 e. The summed E-state index contributed by atoms with van der Waals surface area (Å²) in [7, 11) is 1.88. The fourth-order valence-electron chi connectivity index (χ4n) is 2.46. The van der Waals surface area contributed by atoms with Crippen molar-refractivity contribution in [3.63, 3.8) is 0 Å². The molecule has 0 atom stereocenters. The summed E-state index contributed by atoms with van der Waals surface area (Å²) in [6.07, 6.45) is 5.37. The summed E-state index contributed by atoms with van der Waals surface area (Å²) in [6.45, 7) is 2.86. The first-order chi connectivity index (χ1) is 10.1. The Bertz CT molecular complexity index is 634. The van der Waals surface area contributed by atoms with Crippen LogP contribution in [0.15, 0.2) is 35.2 Å². The molecule has 1 saturated heterocycles. The van der Waals surface area contributed by atoms with Crippen LogP contribution >= 0.6 is 15.9 Å². The van der Waals surface area contributed by atoms with Crippen LogP contribution in [0.3, 0.4) is 0 Å². The van der Waals surface area contributed by atoms with E-state index in [0.717, 1.165) is 23.5 Å². The molecule has 1 fully saturated rings. The lowest BCUT2D eigenvalue weighted by Crippen LogP contribution is -2.49. The minimum Gasteiger partial charge on any atom is -0.345 e. The number of hydrogen-bond acceptors (Lipinski definition) is 4. The Balaban J connectivity index is 1.66. The van der Waals surface area contributed by atoms with Crippen molar-refractivity contribution >= 4 is 27.8 Å². The Labute approximate surface area is 131 Å². The summed E-state index contributed by atoms with van der Waals surface area (Å²) in [6, 6.07) is 3.66. The Hall–Kier alpha value is -1.89. The summed E-state index contributed by atoms with van der Waals surface area (Å²) in [5.74, 6) is 0.794. The smallest absolute Gasteiger partial charge is 0.270 e. The number of aryl methyl sites for hydroxylation is 1. The van der Waals surface area contributed by atoms with Crippen molar-refractivity contribution in [1.29, 1.82) is 0 Å². The van der Waals surface area contributed by atoms with Crippen LogP contribution in [0.25, 0.3) is 0 Å². The van der Waals surface area contributed by atoms with Crippen LogP contribution in [0.4, 0.5) is 5.95 Å². The predicted molar refractivity (Wildman–Crippen MR) is 83.3 cm³/mol. The quantitative estimate of drug-likeness (QED) is 0.825. The lowest BCUT2D eigenvalue weighted by Gasteiger charge is -2.34. The number of rotatable bonds is 2. The van der Waals surface area contributed by atoms with Crippen molar-refractivity contribution in [2.24, 2.45) is 7.05 Å². The number of aromatic nitrogens is 3. The summed E-state index contributed by atoms with van der Waals surface area (Å²) in [4.78, 5) is 25.0. The van der Waals surface area contributed by atoms with Gasteiger partial charge in [0.25, 0.3) is 5.91 Å². The molecule has 110 valence electrons. The first-order valence-corrected chi connectivity index (χ1v) is 7.57. The molecule has 0 bridgehead atoms. The third kappa shape index (κ3) is 2.92. The van der Waals surface area contributed by atoms with E-state index in [1.54, 1.807) is 18.5 Å². The van der Waals surface area contributed by atoms with E-state index >= 15 is 0 Å². The second-order valence-electron chi connectivity index (χ2n) is 4.98.